The first-order valence-electron chi connectivity index (χ1n) is 7.99. The van der Waals surface area contributed by atoms with Crippen molar-refractivity contribution in [1.29, 1.82) is 0 Å². The van der Waals surface area contributed by atoms with Gasteiger partial charge in [-0.1, -0.05) is 12.1 Å². The molecule has 10 heteroatoms. The summed E-state index contributed by atoms with van der Waals surface area (Å²) in [5, 5.41) is 0. The lowest BCUT2D eigenvalue weighted by Crippen LogP contribution is -2.28. The number of nitrogens with zero attached hydrogens (tertiary/aromatic N) is 2. The van der Waals surface area contributed by atoms with Crippen LogP contribution in [-0.4, -0.2) is 40.2 Å². The van der Waals surface area contributed by atoms with Gasteiger partial charge in [-0.25, -0.2) is 8.42 Å². The molecule has 0 bridgehead atoms. The van der Waals surface area contributed by atoms with E-state index in [0.29, 0.717) is 4.31 Å². The fourth-order valence-electron chi connectivity index (χ4n) is 2.33. The van der Waals surface area contributed by atoms with Crippen molar-refractivity contribution in [1.82, 2.24) is 4.90 Å². The van der Waals surface area contributed by atoms with Crippen LogP contribution < -0.4 is 4.31 Å². The molecule has 0 N–H and O–H groups in total. The first kappa shape index (κ1) is 21.5. The summed E-state index contributed by atoms with van der Waals surface area (Å²) in [6.07, 6.45) is -2.14. The van der Waals surface area contributed by atoms with Crippen molar-refractivity contribution in [2.24, 2.45) is 0 Å². The molecule has 0 amide bonds. The Morgan fingerprint density at radius 3 is 2.36 bits per heavy atom. The lowest BCUT2D eigenvalue weighted by Gasteiger charge is -2.20. The van der Waals surface area contributed by atoms with Crippen LogP contribution in [0.4, 0.5) is 18.9 Å². The zero-order valence-electron chi connectivity index (χ0n) is 15.6. The van der Waals surface area contributed by atoms with Gasteiger partial charge in [-0.05, 0) is 19.1 Å². The third-order valence-electron chi connectivity index (χ3n) is 3.74. The van der Waals surface area contributed by atoms with E-state index in [4.69, 9.17) is 0 Å². The van der Waals surface area contributed by atoms with E-state index in [1.807, 2.05) is 0 Å². The monoisotopic (exact) mass is 416 g/mol. The normalized spacial score (nSPS) is 12.4. The smallest absolute Gasteiger partial charge is 0.450 e. The average molecular weight is 416 g/mol. The Hall–Kier alpha value is -2.75. The maximum Gasteiger partial charge on any atom is 0.450 e. The lowest BCUT2D eigenvalue weighted by atomic mass is 10.1. The molecule has 2 aromatic rings. The second kappa shape index (κ2) is 7.70. The van der Waals surface area contributed by atoms with Gasteiger partial charge in [0.2, 0.25) is 5.76 Å². The highest BCUT2D eigenvalue weighted by atomic mass is 32.2. The number of hydrogen-bond donors (Lipinski definition) is 0. The molecule has 6 nitrogen and oxygen atoms in total. The summed E-state index contributed by atoms with van der Waals surface area (Å²) < 4.78 is 70.2. The zero-order valence-corrected chi connectivity index (χ0v) is 16.4. The standard InChI is InChI=1S/C18H19F3N2O4S/c1-12-10-16(17(27-12)18(19,20)21)28(25,26)23(4)14-7-5-6-13(11-14)15(24)8-9-22(2)3/h5-11H,1-4H3. The largest absolute Gasteiger partial charge is 0.455 e. The predicted octanol–water partition coefficient (Wildman–Crippen LogP) is 3.69. The first-order chi connectivity index (χ1) is 12.8. The van der Waals surface area contributed by atoms with Gasteiger partial charge in [-0.15, -0.1) is 0 Å². The minimum absolute atomic E-state index is 0.0380. The molecule has 1 aromatic heterocycles. The van der Waals surface area contributed by atoms with Crippen LogP contribution >= 0.6 is 0 Å². The number of ketones is 1. The molecule has 1 heterocycles. The van der Waals surface area contributed by atoms with Crippen molar-refractivity contribution in [3.8, 4) is 0 Å². The van der Waals surface area contributed by atoms with Crippen LogP contribution in [0.1, 0.15) is 21.9 Å². The van der Waals surface area contributed by atoms with Crippen molar-refractivity contribution in [3.05, 3.63) is 59.7 Å². The molecule has 0 radical (unpaired) electrons. The van der Waals surface area contributed by atoms with Crippen LogP contribution in [0.15, 0.2) is 51.9 Å². The Labute approximate surface area is 160 Å². The van der Waals surface area contributed by atoms with Gasteiger partial charge in [0.25, 0.3) is 10.0 Å². The summed E-state index contributed by atoms with van der Waals surface area (Å²) in [6, 6.07) is 6.42. The van der Waals surface area contributed by atoms with E-state index in [1.54, 1.807) is 19.0 Å². The van der Waals surface area contributed by atoms with Crippen LogP contribution in [0.25, 0.3) is 0 Å². The highest BCUT2D eigenvalue weighted by Gasteiger charge is 2.43. The second-order valence-corrected chi connectivity index (χ2v) is 8.15. The molecule has 28 heavy (non-hydrogen) atoms. The van der Waals surface area contributed by atoms with E-state index in [1.165, 1.54) is 43.5 Å². The summed E-state index contributed by atoms with van der Waals surface area (Å²) in [5.41, 5.74) is 0.230. The molecule has 0 aliphatic rings. The molecule has 152 valence electrons. The van der Waals surface area contributed by atoms with Gasteiger partial charge < -0.3 is 9.32 Å². The van der Waals surface area contributed by atoms with Crippen LogP contribution in [0.5, 0.6) is 0 Å². The topological polar surface area (TPSA) is 70.8 Å². The van der Waals surface area contributed by atoms with E-state index >= 15 is 0 Å². The minimum atomic E-state index is -4.97. The first-order valence-corrected chi connectivity index (χ1v) is 9.43. The van der Waals surface area contributed by atoms with E-state index in [9.17, 15) is 26.4 Å². The van der Waals surface area contributed by atoms with Crippen molar-refractivity contribution < 1.29 is 30.8 Å². The minimum Gasteiger partial charge on any atom is -0.455 e. The summed E-state index contributed by atoms with van der Waals surface area (Å²) >= 11 is 0. The van der Waals surface area contributed by atoms with Crippen molar-refractivity contribution in [2.45, 2.75) is 18.0 Å². The molecule has 0 atom stereocenters. The van der Waals surface area contributed by atoms with Crippen molar-refractivity contribution in [3.63, 3.8) is 0 Å². The highest BCUT2D eigenvalue weighted by Crippen LogP contribution is 2.38. The lowest BCUT2D eigenvalue weighted by molar-refractivity contribution is -0.155. The molecule has 0 saturated carbocycles. The van der Waals surface area contributed by atoms with E-state index in [2.05, 4.69) is 4.42 Å². The van der Waals surface area contributed by atoms with E-state index in [-0.39, 0.29) is 22.8 Å². The van der Waals surface area contributed by atoms with Gasteiger partial charge in [-0.2, -0.15) is 13.2 Å². The molecule has 0 spiro atoms. The van der Waals surface area contributed by atoms with Gasteiger partial charge in [0.15, 0.2) is 5.78 Å². The Kier molecular flexibility index (Phi) is 5.93. The number of alkyl halides is 3. The Balaban J connectivity index is 2.45. The number of anilines is 1. The Bertz CT molecular complexity index is 1010. The SMILES string of the molecule is Cc1cc(S(=O)(=O)N(C)c2cccc(C(=O)C=CN(C)C)c2)c(C(F)(F)F)o1. The number of rotatable bonds is 6. The number of allylic oxidation sites excluding steroid dienone is 1. The quantitative estimate of drug-likeness (QED) is 0.531. The van der Waals surface area contributed by atoms with Gasteiger partial charge in [0.05, 0.1) is 5.69 Å². The summed E-state index contributed by atoms with van der Waals surface area (Å²) in [4.78, 5) is 12.9. The molecule has 1 aromatic carbocycles. The number of benzene rings is 1. The van der Waals surface area contributed by atoms with Gasteiger partial charge in [-0.3, -0.25) is 9.10 Å². The molecular weight excluding hydrogens is 397 g/mol. The number of carbonyl (C=O) groups is 1. The van der Waals surface area contributed by atoms with Gasteiger partial charge in [0.1, 0.15) is 10.7 Å². The summed E-state index contributed by atoms with van der Waals surface area (Å²) in [5.74, 6) is -2.15. The number of furan rings is 1. The molecule has 0 unspecified atom stereocenters. The van der Waals surface area contributed by atoms with Gasteiger partial charge in [0, 0.05) is 45.0 Å². The van der Waals surface area contributed by atoms with E-state index < -0.39 is 26.9 Å². The maximum absolute atomic E-state index is 13.1. The maximum atomic E-state index is 13.1. The van der Waals surface area contributed by atoms with Crippen LogP contribution in [-0.2, 0) is 16.2 Å². The third kappa shape index (κ3) is 4.56. The number of aryl methyl sites for hydroxylation is 1. The number of hydrogen-bond acceptors (Lipinski definition) is 5. The van der Waals surface area contributed by atoms with Crippen molar-refractivity contribution in [2.75, 3.05) is 25.4 Å². The van der Waals surface area contributed by atoms with E-state index in [0.717, 1.165) is 13.1 Å². The summed E-state index contributed by atoms with van der Waals surface area (Å²) in [7, 11) is -0.00720. The van der Waals surface area contributed by atoms with Gasteiger partial charge >= 0.3 is 6.18 Å². The Morgan fingerprint density at radius 2 is 1.79 bits per heavy atom. The summed E-state index contributed by atoms with van der Waals surface area (Å²) in [6.45, 7) is 1.23. The molecule has 0 fully saturated rings. The fourth-order valence-corrected chi connectivity index (χ4v) is 3.73. The fraction of sp³-hybridized carbons (Fsp3) is 0.278. The van der Waals surface area contributed by atoms with Crippen LogP contribution in [0.2, 0.25) is 0 Å². The average Bonchev–Trinajstić information content (AvgIpc) is 3.02. The molecule has 2 rings (SSSR count). The van der Waals surface area contributed by atoms with Crippen LogP contribution in [0, 0.1) is 6.92 Å². The molecular formula is C18H19F3N2O4S. The number of halogens is 3. The number of carbonyl (C=O) groups excluding carboxylic acids is 1. The van der Waals surface area contributed by atoms with Crippen LogP contribution in [0.3, 0.4) is 0 Å². The highest BCUT2D eigenvalue weighted by molar-refractivity contribution is 7.92. The second-order valence-electron chi connectivity index (χ2n) is 6.21. The molecule has 0 aliphatic carbocycles. The molecule has 0 aliphatic heterocycles. The third-order valence-corrected chi connectivity index (χ3v) is 5.53. The predicted molar refractivity (Wildman–Crippen MR) is 97.6 cm³/mol. The zero-order chi connectivity index (χ0) is 21.3. The Morgan fingerprint density at radius 1 is 1.14 bits per heavy atom. The molecule has 0 saturated heterocycles. The number of sulfonamides is 1. The van der Waals surface area contributed by atoms with Crippen molar-refractivity contribution >= 4 is 21.5 Å².